The van der Waals surface area contributed by atoms with E-state index in [4.69, 9.17) is 16.0 Å². The largest absolute Gasteiger partial charge is 0.459 e. The number of halogens is 1. The van der Waals surface area contributed by atoms with Crippen molar-refractivity contribution in [2.45, 2.75) is 33.2 Å². The molecule has 0 aliphatic carbocycles. The van der Waals surface area contributed by atoms with Crippen molar-refractivity contribution in [3.8, 4) is 11.3 Å². The van der Waals surface area contributed by atoms with E-state index < -0.39 is 0 Å². The number of benzene rings is 1. The van der Waals surface area contributed by atoms with E-state index in [9.17, 15) is 0 Å². The lowest BCUT2D eigenvalue weighted by Gasteiger charge is -2.10. The molecule has 2 aromatic rings. The minimum atomic E-state index is 0.230. The molecular formula is C16H20ClNO. The summed E-state index contributed by atoms with van der Waals surface area (Å²) in [5, 5.41) is 4.19. The summed E-state index contributed by atoms with van der Waals surface area (Å²) in [7, 11) is 0. The fourth-order valence-electron chi connectivity index (χ4n) is 2.07. The van der Waals surface area contributed by atoms with Crippen LogP contribution in [0.5, 0.6) is 0 Å². The molecule has 1 unspecified atom stereocenters. The van der Waals surface area contributed by atoms with Crippen LogP contribution in [0.1, 0.15) is 37.6 Å². The first kappa shape index (κ1) is 14.2. The maximum atomic E-state index is 6.15. The Morgan fingerprint density at radius 1 is 1.26 bits per heavy atom. The van der Waals surface area contributed by atoms with Crippen molar-refractivity contribution in [3.63, 3.8) is 0 Å². The topological polar surface area (TPSA) is 25.2 Å². The van der Waals surface area contributed by atoms with Gasteiger partial charge < -0.3 is 9.73 Å². The van der Waals surface area contributed by atoms with Crippen LogP contribution in [0.15, 0.2) is 34.7 Å². The lowest BCUT2D eigenvalue weighted by molar-refractivity contribution is 0.438. The molecule has 0 spiro atoms. The van der Waals surface area contributed by atoms with Gasteiger partial charge in [0.1, 0.15) is 11.5 Å². The Labute approximate surface area is 119 Å². The lowest BCUT2D eigenvalue weighted by atomic mass is 10.1. The van der Waals surface area contributed by atoms with Crippen molar-refractivity contribution >= 4 is 11.6 Å². The van der Waals surface area contributed by atoms with Crippen LogP contribution in [0.3, 0.4) is 0 Å². The third-order valence-corrected chi connectivity index (χ3v) is 3.70. The molecule has 19 heavy (non-hydrogen) atoms. The lowest BCUT2D eigenvalue weighted by Crippen LogP contribution is -2.18. The highest BCUT2D eigenvalue weighted by atomic mass is 35.5. The van der Waals surface area contributed by atoms with Gasteiger partial charge in [-0.05, 0) is 50.6 Å². The number of rotatable bonds is 5. The maximum absolute atomic E-state index is 6.15. The van der Waals surface area contributed by atoms with Crippen LogP contribution in [0.4, 0.5) is 0 Å². The normalized spacial score (nSPS) is 12.6. The summed E-state index contributed by atoms with van der Waals surface area (Å²) in [6, 6.07) is 10.2. The zero-order valence-electron chi connectivity index (χ0n) is 11.7. The molecule has 0 bridgehead atoms. The summed E-state index contributed by atoms with van der Waals surface area (Å²) >= 11 is 6.15. The molecule has 102 valence electrons. The minimum Gasteiger partial charge on any atom is -0.459 e. The highest BCUT2D eigenvalue weighted by molar-refractivity contribution is 6.31. The van der Waals surface area contributed by atoms with Gasteiger partial charge in [0, 0.05) is 10.6 Å². The summed E-state index contributed by atoms with van der Waals surface area (Å²) in [6.45, 7) is 7.28. The highest BCUT2D eigenvalue weighted by Gasteiger charge is 2.12. The van der Waals surface area contributed by atoms with Gasteiger partial charge in [-0.25, -0.2) is 0 Å². The summed E-state index contributed by atoms with van der Waals surface area (Å²) < 4.78 is 5.94. The molecule has 2 rings (SSSR count). The van der Waals surface area contributed by atoms with Crippen molar-refractivity contribution in [2.24, 2.45) is 0 Å². The predicted molar refractivity (Wildman–Crippen MR) is 80.6 cm³/mol. The Bertz CT molecular complexity index is 547. The second-order valence-corrected chi connectivity index (χ2v) is 5.20. The highest BCUT2D eigenvalue weighted by Crippen LogP contribution is 2.31. The molecule has 1 N–H and O–H groups in total. The predicted octanol–water partition coefficient (Wildman–Crippen LogP) is 4.97. The molecule has 0 amide bonds. The first-order chi connectivity index (χ1) is 9.13. The second kappa shape index (κ2) is 6.27. The summed E-state index contributed by atoms with van der Waals surface area (Å²) in [4.78, 5) is 0. The fourth-order valence-corrected chi connectivity index (χ4v) is 2.24. The quantitative estimate of drug-likeness (QED) is 0.835. The first-order valence-corrected chi connectivity index (χ1v) is 7.10. The van der Waals surface area contributed by atoms with Gasteiger partial charge in [-0.3, -0.25) is 0 Å². The van der Waals surface area contributed by atoms with Crippen LogP contribution in [-0.4, -0.2) is 6.54 Å². The monoisotopic (exact) mass is 277 g/mol. The Hall–Kier alpha value is -1.25. The zero-order chi connectivity index (χ0) is 13.8. The van der Waals surface area contributed by atoms with Crippen molar-refractivity contribution < 1.29 is 4.42 Å². The van der Waals surface area contributed by atoms with E-state index in [0.717, 1.165) is 40.6 Å². The molecule has 0 aliphatic rings. The van der Waals surface area contributed by atoms with Crippen molar-refractivity contribution in [1.29, 1.82) is 0 Å². The molecule has 3 heteroatoms. The van der Waals surface area contributed by atoms with E-state index in [1.807, 2.05) is 37.3 Å². The van der Waals surface area contributed by atoms with Crippen LogP contribution in [0, 0.1) is 6.92 Å². The van der Waals surface area contributed by atoms with Crippen LogP contribution in [0.25, 0.3) is 11.3 Å². The van der Waals surface area contributed by atoms with E-state index >= 15 is 0 Å². The van der Waals surface area contributed by atoms with Gasteiger partial charge >= 0.3 is 0 Å². The summed E-state index contributed by atoms with van der Waals surface area (Å²) in [6.07, 6.45) is 1.12. The molecular weight excluding hydrogens is 258 g/mol. The van der Waals surface area contributed by atoms with Gasteiger partial charge in [-0.1, -0.05) is 30.7 Å². The fraction of sp³-hybridized carbons (Fsp3) is 0.375. The van der Waals surface area contributed by atoms with Gasteiger partial charge in [0.25, 0.3) is 0 Å². The molecule has 0 saturated heterocycles. The van der Waals surface area contributed by atoms with Gasteiger partial charge in [-0.2, -0.15) is 0 Å². The molecule has 0 fully saturated rings. The molecule has 1 aromatic heterocycles. The molecule has 0 radical (unpaired) electrons. The van der Waals surface area contributed by atoms with Crippen LogP contribution < -0.4 is 5.32 Å². The van der Waals surface area contributed by atoms with E-state index in [1.54, 1.807) is 0 Å². The Kier molecular flexibility index (Phi) is 4.67. The Morgan fingerprint density at radius 3 is 2.79 bits per heavy atom. The summed E-state index contributed by atoms with van der Waals surface area (Å²) in [5.41, 5.74) is 2.11. The number of hydrogen-bond acceptors (Lipinski definition) is 2. The smallest absolute Gasteiger partial charge is 0.134 e. The Balaban J connectivity index is 2.23. The molecule has 1 heterocycles. The zero-order valence-corrected chi connectivity index (χ0v) is 12.4. The van der Waals surface area contributed by atoms with Crippen LogP contribution in [-0.2, 0) is 0 Å². The molecule has 0 aliphatic heterocycles. The molecule has 0 saturated carbocycles. The molecule has 1 aromatic carbocycles. The third-order valence-electron chi connectivity index (χ3n) is 3.29. The van der Waals surface area contributed by atoms with Gasteiger partial charge in [0.05, 0.1) is 6.04 Å². The third kappa shape index (κ3) is 3.20. The maximum Gasteiger partial charge on any atom is 0.134 e. The standard InChI is InChI=1S/C16H20ClNO/c1-4-10-18-12(3)15-8-9-16(19-15)13-6-5-7-14(17)11(13)2/h5-9,12,18H,4,10H2,1-3H3. The SMILES string of the molecule is CCCNC(C)c1ccc(-c2cccc(Cl)c2C)o1. The summed E-state index contributed by atoms with van der Waals surface area (Å²) in [5.74, 6) is 1.84. The Morgan fingerprint density at radius 2 is 2.05 bits per heavy atom. The average Bonchev–Trinajstić information content (AvgIpc) is 2.88. The molecule has 1 atom stereocenters. The molecule has 2 nitrogen and oxygen atoms in total. The van der Waals surface area contributed by atoms with Crippen LogP contribution >= 0.6 is 11.6 Å². The van der Waals surface area contributed by atoms with E-state index in [0.29, 0.717) is 0 Å². The van der Waals surface area contributed by atoms with Crippen molar-refractivity contribution in [1.82, 2.24) is 5.32 Å². The number of nitrogens with one attached hydrogen (secondary N) is 1. The second-order valence-electron chi connectivity index (χ2n) is 4.79. The van der Waals surface area contributed by atoms with Crippen molar-refractivity contribution in [2.75, 3.05) is 6.54 Å². The van der Waals surface area contributed by atoms with Gasteiger partial charge in [0.2, 0.25) is 0 Å². The number of hydrogen-bond donors (Lipinski definition) is 1. The first-order valence-electron chi connectivity index (χ1n) is 6.72. The van der Waals surface area contributed by atoms with Crippen LogP contribution in [0.2, 0.25) is 5.02 Å². The van der Waals surface area contributed by atoms with Crippen molar-refractivity contribution in [3.05, 3.63) is 46.7 Å². The van der Waals surface area contributed by atoms with Gasteiger partial charge in [0.15, 0.2) is 0 Å². The van der Waals surface area contributed by atoms with E-state index in [-0.39, 0.29) is 6.04 Å². The minimum absolute atomic E-state index is 0.230. The average molecular weight is 278 g/mol. The van der Waals surface area contributed by atoms with E-state index in [1.165, 1.54) is 0 Å². The van der Waals surface area contributed by atoms with E-state index in [2.05, 4.69) is 19.2 Å². The van der Waals surface area contributed by atoms with Gasteiger partial charge in [-0.15, -0.1) is 0 Å². The number of furan rings is 1.